The molecule has 7 nitrogen and oxygen atoms in total. The van der Waals surface area contributed by atoms with Crippen molar-refractivity contribution in [1.29, 1.82) is 0 Å². The number of ether oxygens (including phenoxy) is 1. The Morgan fingerprint density at radius 1 is 1.25 bits per heavy atom. The number of rotatable bonds is 5. The fourth-order valence-corrected chi connectivity index (χ4v) is 2.71. The van der Waals surface area contributed by atoms with Crippen molar-refractivity contribution in [1.82, 2.24) is 30.2 Å². The summed E-state index contributed by atoms with van der Waals surface area (Å²) in [4.78, 5) is 4.38. The molecule has 8 heteroatoms. The molecule has 0 saturated heterocycles. The van der Waals surface area contributed by atoms with Crippen molar-refractivity contribution >= 4 is 30.1 Å². The standard InChI is InChI=1S/C12H18N6OSi/c1-20(2,3)5-4-19-8-18-12-9(6-14-18)11-10(7-13-12)15-17-16-11/h6-7H,4-5,8H2,1-3H3,(H,15,16,17). The van der Waals surface area contributed by atoms with Crippen LogP contribution in [0.1, 0.15) is 0 Å². The first kappa shape index (κ1) is 13.2. The van der Waals surface area contributed by atoms with Crippen molar-refractivity contribution in [3.63, 3.8) is 0 Å². The second kappa shape index (κ2) is 4.95. The number of aromatic nitrogens is 6. The summed E-state index contributed by atoms with van der Waals surface area (Å²) < 4.78 is 7.46. The molecule has 0 unspecified atom stereocenters. The number of pyridine rings is 1. The first-order chi connectivity index (χ1) is 9.54. The smallest absolute Gasteiger partial charge is 0.162 e. The van der Waals surface area contributed by atoms with Crippen LogP contribution in [-0.4, -0.2) is 44.9 Å². The van der Waals surface area contributed by atoms with Crippen LogP contribution in [0, 0.1) is 0 Å². The highest BCUT2D eigenvalue weighted by molar-refractivity contribution is 6.76. The van der Waals surface area contributed by atoms with Gasteiger partial charge in [-0.05, 0) is 6.04 Å². The number of nitrogens with one attached hydrogen (secondary N) is 1. The highest BCUT2D eigenvalue weighted by Crippen LogP contribution is 2.19. The molecule has 0 spiro atoms. The lowest BCUT2D eigenvalue weighted by Crippen LogP contribution is -2.22. The Morgan fingerprint density at radius 3 is 2.90 bits per heavy atom. The molecule has 106 valence electrons. The minimum atomic E-state index is -1.05. The molecule has 0 aliphatic heterocycles. The molecular weight excluding hydrogens is 272 g/mol. The van der Waals surface area contributed by atoms with Gasteiger partial charge >= 0.3 is 0 Å². The summed E-state index contributed by atoms with van der Waals surface area (Å²) in [7, 11) is -1.05. The molecule has 0 atom stereocenters. The van der Waals surface area contributed by atoms with Gasteiger partial charge in [0.15, 0.2) is 5.65 Å². The zero-order valence-electron chi connectivity index (χ0n) is 11.9. The van der Waals surface area contributed by atoms with Gasteiger partial charge in [0.2, 0.25) is 0 Å². The fraction of sp³-hybridized carbons (Fsp3) is 0.500. The van der Waals surface area contributed by atoms with E-state index in [-0.39, 0.29) is 0 Å². The third-order valence-corrected chi connectivity index (χ3v) is 4.86. The zero-order chi connectivity index (χ0) is 14.2. The molecule has 0 bridgehead atoms. The van der Waals surface area contributed by atoms with Gasteiger partial charge in [-0.2, -0.15) is 20.5 Å². The van der Waals surface area contributed by atoms with Crippen LogP contribution in [0.15, 0.2) is 12.4 Å². The molecule has 3 aromatic rings. The molecule has 0 aliphatic rings. The molecule has 3 aromatic heterocycles. The summed E-state index contributed by atoms with van der Waals surface area (Å²) in [6, 6.07) is 1.15. The lowest BCUT2D eigenvalue weighted by atomic mass is 10.3. The van der Waals surface area contributed by atoms with Gasteiger partial charge in [0.25, 0.3) is 0 Å². The topological polar surface area (TPSA) is 81.5 Å². The van der Waals surface area contributed by atoms with E-state index in [4.69, 9.17) is 4.74 Å². The Morgan fingerprint density at radius 2 is 2.10 bits per heavy atom. The highest BCUT2D eigenvalue weighted by Gasteiger charge is 2.13. The van der Waals surface area contributed by atoms with Gasteiger partial charge in [-0.1, -0.05) is 19.6 Å². The molecule has 1 N–H and O–H groups in total. The van der Waals surface area contributed by atoms with E-state index in [0.29, 0.717) is 6.73 Å². The molecule has 0 amide bonds. The maximum Gasteiger partial charge on any atom is 0.162 e. The van der Waals surface area contributed by atoms with Gasteiger partial charge in [-0.25, -0.2) is 9.67 Å². The lowest BCUT2D eigenvalue weighted by molar-refractivity contribution is 0.0813. The predicted octanol–water partition coefficient (Wildman–Crippen LogP) is 2.01. The first-order valence-corrected chi connectivity index (χ1v) is 10.3. The fourth-order valence-electron chi connectivity index (χ4n) is 1.96. The third kappa shape index (κ3) is 2.56. The average Bonchev–Trinajstić information content (AvgIpc) is 2.99. The van der Waals surface area contributed by atoms with Gasteiger partial charge < -0.3 is 4.74 Å². The number of aromatic amines is 1. The minimum absolute atomic E-state index is 0.421. The Hall–Kier alpha value is -1.80. The van der Waals surface area contributed by atoms with E-state index in [9.17, 15) is 0 Å². The van der Waals surface area contributed by atoms with Crippen LogP contribution < -0.4 is 0 Å². The SMILES string of the molecule is C[Si](C)(C)CCOCn1ncc2c3n[nH]nc3cnc21. The molecule has 3 heterocycles. The Bertz CT molecular complexity index is 728. The van der Waals surface area contributed by atoms with Crippen LogP contribution in [-0.2, 0) is 11.5 Å². The molecule has 0 saturated carbocycles. The monoisotopic (exact) mass is 290 g/mol. The normalized spacial score (nSPS) is 12.6. The zero-order valence-corrected chi connectivity index (χ0v) is 12.9. The van der Waals surface area contributed by atoms with E-state index in [1.54, 1.807) is 17.1 Å². The van der Waals surface area contributed by atoms with E-state index >= 15 is 0 Å². The summed E-state index contributed by atoms with van der Waals surface area (Å²) in [5.74, 6) is 0. The van der Waals surface area contributed by atoms with Crippen molar-refractivity contribution in [2.75, 3.05) is 6.61 Å². The van der Waals surface area contributed by atoms with Gasteiger partial charge in [-0.15, -0.1) is 0 Å². The highest BCUT2D eigenvalue weighted by atomic mass is 28.3. The van der Waals surface area contributed by atoms with Crippen LogP contribution in [0.4, 0.5) is 0 Å². The number of hydrogen-bond acceptors (Lipinski definition) is 5. The summed E-state index contributed by atoms with van der Waals surface area (Å²) in [5.41, 5.74) is 2.32. The van der Waals surface area contributed by atoms with Crippen molar-refractivity contribution < 1.29 is 4.74 Å². The van der Waals surface area contributed by atoms with Crippen LogP contribution in [0.2, 0.25) is 25.7 Å². The third-order valence-electron chi connectivity index (χ3n) is 3.16. The van der Waals surface area contributed by atoms with Crippen molar-refractivity contribution in [3.05, 3.63) is 12.4 Å². The molecule has 0 fully saturated rings. The molecule has 0 aromatic carbocycles. The summed E-state index contributed by atoms with van der Waals surface area (Å²) in [5, 5.41) is 16.0. The van der Waals surface area contributed by atoms with Crippen LogP contribution in [0.5, 0.6) is 0 Å². The predicted molar refractivity (Wildman–Crippen MR) is 79.1 cm³/mol. The number of nitrogens with zero attached hydrogens (tertiary/aromatic N) is 5. The molecule has 0 aliphatic carbocycles. The first-order valence-electron chi connectivity index (χ1n) is 6.63. The van der Waals surface area contributed by atoms with E-state index < -0.39 is 8.07 Å². The number of hydrogen-bond donors (Lipinski definition) is 1. The van der Waals surface area contributed by atoms with Crippen LogP contribution in [0.3, 0.4) is 0 Å². The largest absolute Gasteiger partial charge is 0.359 e. The van der Waals surface area contributed by atoms with Gasteiger partial charge in [-0.3, -0.25) is 0 Å². The Balaban J connectivity index is 1.76. The van der Waals surface area contributed by atoms with Crippen molar-refractivity contribution in [3.8, 4) is 0 Å². The quantitative estimate of drug-likeness (QED) is 0.574. The maximum absolute atomic E-state index is 5.71. The van der Waals surface area contributed by atoms with E-state index in [1.807, 2.05) is 0 Å². The molecular formula is C12H18N6OSi. The van der Waals surface area contributed by atoms with Gasteiger partial charge in [0.1, 0.15) is 17.8 Å². The van der Waals surface area contributed by atoms with Gasteiger partial charge in [0.05, 0.1) is 17.8 Å². The van der Waals surface area contributed by atoms with E-state index in [1.165, 1.54) is 0 Å². The molecule has 20 heavy (non-hydrogen) atoms. The van der Waals surface area contributed by atoms with Crippen LogP contribution >= 0.6 is 0 Å². The number of fused-ring (bicyclic) bond motifs is 3. The lowest BCUT2D eigenvalue weighted by Gasteiger charge is -2.15. The molecule has 3 rings (SSSR count). The maximum atomic E-state index is 5.71. The van der Waals surface area contributed by atoms with Crippen molar-refractivity contribution in [2.24, 2.45) is 0 Å². The Labute approximate surface area is 117 Å². The number of H-pyrrole nitrogens is 1. The van der Waals surface area contributed by atoms with E-state index in [0.717, 1.165) is 34.7 Å². The minimum Gasteiger partial charge on any atom is -0.359 e. The Kier molecular flexibility index (Phi) is 3.26. The van der Waals surface area contributed by atoms with Gasteiger partial charge in [0, 0.05) is 14.7 Å². The summed E-state index contributed by atoms with van der Waals surface area (Å²) in [6.07, 6.45) is 3.45. The second-order valence-electron chi connectivity index (χ2n) is 6.05. The average molecular weight is 290 g/mol. The van der Waals surface area contributed by atoms with Crippen LogP contribution in [0.25, 0.3) is 22.1 Å². The second-order valence-corrected chi connectivity index (χ2v) is 11.7. The van der Waals surface area contributed by atoms with E-state index in [2.05, 4.69) is 45.1 Å². The molecule has 0 radical (unpaired) electrons. The summed E-state index contributed by atoms with van der Waals surface area (Å²) in [6.45, 7) is 8.20. The summed E-state index contributed by atoms with van der Waals surface area (Å²) >= 11 is 0. The van der Waals surface area contributed by atoms with Crippen molar-refractivity contribution in [2.45, 2.75) is 32.4 Å².